The van der Waals surface area contributed by atoms with Crippen molar-refractivity contribution in [3.8, 4) is 0 Å². The van der Waals surface area contributed by atoms with Crippen LogP contribution in [0.5, 0.6) is 0 Å². The molecule has 0 heterocycles. The molecule has 0 aromatic heterocycles. The summed E-state index contributed by atoms with van der Waals surface area (Å²) < 4.78 is 4.83. The summed E-state index contributed by atoms with van der Waals surface area (Å²) in [5.74, 6) is -0.535. The van der Waals surface area contributed by atoms with Crippen molar-refractivity contribution in [3.63, 3.8) is 0 Å². The van der Waals surface area contributed by atoms with E-state index in [0.29, 0.717) is 19.4 Å². The van der Waals surface area contributed by atoms with Gasteiger partial charge in [0.2, 0.25) is 5.91 Å². The third kappa shape index (κ3) is 5.55. The highest BCUT2D eigenvalue weighted by Gasteiger charge is 2.16. The average molecular weight is 263 g/mol. The average Bonchev–Trinajstić information content (AvgIpc) is 2.38. The zero-order chi connectivity index (χ0) is 14.3. The maximum absolute atomic E-state index is 11.7. The summed E-state index contributed by atoms with van der Waals surface area (Å²) in [6, 6.07) is 7.48. The molecule has 0 saturated heterocycles. The number of carbonyl (C=O) groups is 2. The second kappa shape index (κ2) is 7.56. The van der Waals surface area contributed by atoms with E-state index in [1.165, 1.54) is 5.56 Å². The summed E-state index contributed by atoms with van der Waals surface area (Å²) in [6.45, 7) is 5.71. The zero-order valence-electron chi connectivity index (χ0n) is 11.7. The summed E-state index contributed by atoms with van der Waals surface area (Å²) in [7, 11) is 0. The van der Waals surface area contributed by atoms with Crippen molar-refractivity contribution in [2.75, 3.05) is 6.61 Å². The molecule has 1 amide bonds. The number of hydrogen-bond donors (Lipinski definition) is 1. The Morgan fingerprint density at radius 2 is 1.89 bits per heavy atom. The smallest absolute Gasteiger partial charge is 0.328 e. The minimum Gasteiger partial charge on any atom is -0.464 e. The predicted molar refractivity (Wildman–Crippen MR) is 73.7 cm³/mol. The van der Waals surface area contributed by atoms with Crippen LogP contribution >= 0.6 is 0 Å². The molecule has 0 bridgehead atoms. The first kappa shape index (κ1) is 15.2. The van der Waals surface area contributed by atoms with Crippen molar-refractivity contribution in [1.82, 2.24) is 5.32 Å². The third-order valence-electron chi connectivity index (χ3n) is 2.78. The number of aryl methyl sites for hydroxylation is 2. The number of nitrogens with one attached hydrogen (secondary N) is 1. The van der Waals surface area contributed by atoms with Gasteiger partial charge in [0, 0.05) is 6.42 Å². The van der Waals surface area contributed by atoms with Crippen molar-refractivity contribution < 1.29 is 14.3 Å². The fraction of sp³-hybridized carbons (Fsp3) is 0.467. The standard InChI is InChI=1S/C15H21NO3/c1-4-19-15(18)12(3)16-14(17)10-9-13-7-5-11(2)6-8-13/h5-8,12H,4,9-10H2,1-3H3,(H,16,17). The molecular formula is C15H21NO3. The molecule has 0 aliphatic rings. The van der Waals surface area contributed by atoms with E-state index in [2.05, 4.69) is 5.32 Å². The highest BCUT2D eigenvalue weighted by molar-refractivity contribution is 5.84. The first-order chi connectivity index (χ1) is 9.02. The molecule has 1 N–H and O–H groups in total. The van der Waals surface area contributed by atoms with E-state index in [1.54, 1.807) is 13.8 Å². The molecule has 1 aromatic rings. The summed E-state index contributed by atoms with van der Waals surface area (Å²) >= 11 is 0. The summed E-state index contributed by atoms with van der Waals surface area (Å²) in [5, 5.41) is 2.63. The molecule has 104 valence electrons. The molecule has 19 heavy (non-hydrogen) atoms. The van der Waals surface area contributed by atoms with Crippen molar-refractivity contribution in [3.05, 3.63) is 35.4 Å². The molecule has 1 aromatic carbocycles. The summed E-state index contributed by atoms with van der Waals surface area (Å²) in [4.78, 5) is 23.0. The number of amides is 1. The Hall–Kier alpha value is -1.84. The summed E-state index contributed by atoms with van der Waals surface area (Å²) in [5.41, 5.74) is 2.31. The number of esters is 1. The second-order valence-electron chi connectivity index (χ2n) is 4.53. The number of rotatable bonds is 6. The molecule has 0 fully saturated rings. The van der Waals surface area contributed by atoms with Crippen LogP contribution in [0.3, 0.4) is 0 Å². The van der Waals surface area contributed by atoms with E-state index in [0.717, 1.165) is 5.56 Å². The highest BCUT2D eigenvalue weighted by atomic mass is 16.5. The van der Waals surface area contributed by atoms with Crippen molar-refractivity contribution in [2.24, 2.45) is 0 Å². The molecule has 0 radical (unpaired) electrons. The molecule has 1 unspecified atom stereocenters. The van der Waals surface area contributed by atoms with Gasteiger partial charge in [0.25, 0.3) is 0 Å². The Kier molecular flexibility index (Phi) is 6.06. The van der Waals surface area contributed by atoms with Crippen LogP contribution in [0.15, 0.2) is 24.3 Å². The molecule has 0 saturated carbocycles. The van der Waals surface area contributed by atoms with Crippen LogP contribution in [0, 0.1) is 6.92 Å². The van der Waals surface area contributed by atoms with Gasteiger partial charge in [-0.25, -0.2) is 4.79 Å². The zero-order valence-corrected chi connectivity index (χ0v) is 11.7. The molecule has 4 nitrogen and oxygen atoms in total. The van der Waals surface area contributed by atoms with Crippen LogP contribution in [0.1, 0.15) is 31.4 Å². The predicted octanol–water partition coefficient (Wildman–Crippen LogP) is 2.00. The quantitative estimate of drug-likeness (QED) is 0.799. The lowest BCUT2D eigenvalue weighted by Crippen LogP contribution is -2.39. The van der Waals surface area contributed by atoms with Crippen LogP contribution in [-0.4, -0.2) is 24.5 Å². The molecular weight excluding hydrogens is 242 g/mol. The Labute approximate surface area is 114 Å². The first-order valence-electron chi connectivity index (χ1n) is 6.54. The van der Waals surface area contributed by atoms with Gasteiger partial charge in [-0.1, -0.05) is 29.8 Å². The van der Waals surface area contributed by atoms with E-state index in [4.69, 9.17) is 4.74 Å². The Morgan fingerprint density at radius 3 is 2.47 bits per heavy atom. The van der Waals surface area contributed by atoms with Gasteiger partial charge in [-0.3, -0.25) is 4.79 Å². The monoisotopic (exact) mass is 263 g/mol. The van der Waals surface area contributed by atoms with Gasteiger partial charge in [0.05, 0.1) is 6.61 Å². The molecule has 0 aliphatic heterocycles. The van der Waals surface area contributed by atoms with E-state index in [1.807, 2.05) is 31.2 Å². The van der Waals surface area contributed by atoms with Gasteiger partial charge < -0.3 is 10.1 Å². The van der Waals surface area contributed by atoms with E-state index in [9.17, 15) is 9.59 Å². The van der Waals surface area contributed by atoms with Gasteiger partial charge in [0.15, 0.2) is 0 Å². The van der Waals surface area contributed by atoms with Gasteiger partial charge in [-0.05, 0) is 32.8 Å². The fourth-order valence-corrected chi connectivity index (χ4v) is 1.65. The summed E-state index contributed by atoms with van der Waals surface area (Å²) in [6.07, 6.45) is 1.04. The SMILES string of the molecule is CCOC(=O)C(C)NC(=O)CCc1ccc(C)cc1. The normalized spacial score (nSPS) is 11.7. The molecule has 0 aliphatic carbocycles. The molecule has 4 heteroatoms. The lowest BCUT2D eigenvalue weighted by molar-refractivity contribution is -0.146. The minimum absolute atomic E-state index is 0.138. The molecule has 1 rings (SSSR count). The topological polar surface area (TPSA) is 55.4 Å². The largest absolute Gasteiger partial charge is 0.464 e. The molecule has 1 atom stereocenters. The lowest BCUT2D eigenvalue weighted by Gasteiger charge is -2.12. The van der Waals surface area contributed by atoms with Crippen molar-refractivity contribution in [1.29, 1.82) is 0 Å². The van der Waals surface area contributed by atoms with Gasteiger partial charge in [0.1, 0.15) is 6.04 Å². The minimum atomic E-state index is -0.592. The van der Waals surface area contributed by atoms with E-state index < -0.39 is 12.0 Å². The van der Waals surface area contributed by atoms with Crippen LogP contribution in [0.2, 0.25) is 0 Å². The molecule has 0 spiro atoms. The lowest BCUT2D eigenvalue weighted by atomic mass is 10.1. The Balaban J connectivity index is 2.35. The van der Waals surface area contributed by atoms with E-state index >= 15 is 0 Å². The van der Waals surface area contributed by atoms with Crippen LogP contribution in [-0.2, 0) is 20.7 Å². The maximum Gasteiger partial charge on any atom is 0.328 e. The van der Waals surface area contributed by atoms with Gasteiger partial charge in [-0.2, -0.15) is 0 Å². The van der Waals surface area contributed by atoms with Crippen LogP contribution in [0.4, 0.5) is 0 Å². The maximum atomic E-state index is 11.7. The van der Waals surface area contributed by atoms with E-state index in [-0.39, 0.29) is 5.91 Å². The number of carbonyl (C=O) groups excluding carboxylic acids is 2. The number of hydrogen-bond acceptors (Lipinski definition) is 3. The number of ether oxygens (including phenoxy) is 1. The van der Waals surface area contributed by atoms with Gasteiger partial charge in [-0.15, -0.1) is 0 Å². The number of benzene rings is 1. The third-order valence-corrected chi connectivity index (χ3v) is 2.78. The van der Waals surface area contributed by atoms with Crippen molar-refractivity contribution in [2.45, 2.75) is 39.7 Å². The first-order valence-corrected chi connectivity index (χ1v) is 6.54. The highest BCUT2D eigenvalue weighted by Crippen LogP contribution is 2.05. The second-order valence-corrected chi connectivity index (χ2v) is 4.53. The van der Waals surface area contributed by atoms with Crippen LogP contribution in [0.25, 0.3) is 0 Å². The Morgan fingerprint density at radius 1 is 1.26 bits per heavy atom. The van der Waals surface area contributed by atoms with Gasteiger partial charge >= 0.3 is 5.97 Å². The fourth-order valence-electron chi connectivity index (χ4n) is 1.65. The van der Waals surface area contributed by atoms with Crippen molar-refractivity contribution >= 4 is 11.9 Å². The Bertz CT molecular complexity index is 426. The van der Waals surface area contributed by atoms with Crippen LogP contribution < -0.4 is 5.32 Å².